The van der Waals surface area contributed by atoms with E-state index in [-0.39, 0.29) is 0 Å². The maximum atomic E-state index is 5.68. The van der Waals surface area contributed by atoms with E-state index in [0.717, 1.165) is 28.2 Å². The molecule has 0 heterocycles. The summed E-state index contributed by atoms with van der Waals surface area (Å²) in [5, 5.41) is 0.631. The summed E-state index contributed by atoms with van der Waals surface area (Å²) in [6.45, 7) is 10.6. The molecule has 0 atom stereocenters. The highest BCUT2D eigenvalue weighted by atomic mass is 35.5. The molecule has 0 bridgehead atoms. The number of benzene rings is 4. The number of ether oxygens (including phenoxy) is 1. The van der Waals surface area contributed by atoms with Crippen molar-refractivity contribution in [3.05, 3.63) is 112 Å². The number of rotatable bonds is 2. The average Bonchev–Trinajstić information content (AvgIpc) is 2.82. The van der Waals surface area contributed by atoms with E-state index in [1.54, 1.807) is 18.2 Å². The molecular weight excluding hydrogens is 468 g/mol. The van der Waals surface area contributed by atoms with Crippen LogP contribution in [0.15, 0.2) is 84.9 Å². The lowest BCUT2D eigenvalue weighted by Gasteiger charge is -2.05. The largest absolute Gasteiger partial charge is 0.492 e. The van der Waals surface area contributed by atoms with Gasteiger partial charge in [0.1, 0.15) is 5.75 Å². The first-order valence-corrected chi connectivity index (χ1v) is 12.0. The topological polar surface area (TPSA) is 113 Å². The normalized spacial score (nSPS) is 9.39. The predicted molar refractivity (Wildman–Crippen MR) is 159 cm³/mol. The fraction of sp³-hybridized carbons (Fsp3) is 0.200. The fourth-order valence-corrected chi connectivity index (χ4v) is 3.00. The molecule has 0 unspecified atom stereocenters. The second kappa shape index (κ2) is 16.0. The lowest BCUT2D eigenvalue weighted by atomic mass is 10.1. The van der Waals surface area contributed by atoms with Crippen LogP contribution in [0, 0.1) is 27.7 Å². The minimum atomic E-state index is 0.583. The van der Waals surface area contributed by atoms with E-state index in [1.807, 2.05) is 95.3 Å². The van der Waals surface area contributed by atoms with Gasteiger partial charge in [-0.3, -0.25) is 0 Å². The van der Waals surface area contributed by atoms with Crippen LogP contribution in [0.25, 0.3) is 0 Å². The van der Waals surface area contributed by atoms with Crippen LogP contribution >= 0.6 is 11.6 Å². The number of nitrogen functional groups attached to an aromatic ring is 4. The van der Waals surface area contributed by atoms with Gasteiger partial charge in [-0.15, -0.1) is 0 Å². The van der Waals surface area contributed by atoms with Crippen molar-refractivity contribution in [2.24, 2.45) is 0 Å². The van der Waals surface area contributed by atoms with E-state index in [0.29, 0.717) is 23.1 Å². The zero-order valence-corrected chi connectivity index (χ0v) is 22.6. The van der Waals surface area contributed by atoms with Crippen LogP contribution in [-0.4, -0.2) is 6.61 Å². The minimum Gasteiger partial charge on any atom is -0.492 e. The van der Waals surface area contributed by atoms with Gasteiger partial charge in [-0.2, -0.15) is 0 Å². The van der Waals surface area contributed by atoms with Gasteiger partial charge in [-0.05, 0) is 99.3 Å². The highest BCUT2D eigenvalue weighted by Gasteiger charge is 1.98. The number of anilines is 4. The Labute approximate surface area is 221 Å². The van der Waals surface area contributed by atoms with Gasteiger partial charge in [-0.1, -0.05) is 54.1 Å². The standard InChI is InChI=1S/C8H10ClNO.C8H11N.2C7H9N/c1-2-11-8-4-3-6(9)5-7(8)10;1-6-3-4-7(2)8(9)5-6;1-6-3-2-4-7(8)5-6;1-6-4-2-3-5-7(6)8/h3-5H,2,10H2,1H3;3-5H,9H2,1-2H3;2*2-5H,8H2,1H3. The summed E-state index contributed by atoms with van der Waals surface area (Å²) in [5.74, 6) is 0.692. The minimum absolute atomic E-state index is 0.583. The summed E-state index contributed by atoms with van der Waals surface area (Å²) in [6.07, 6.45) is 0. The molecule has 8 N–H and O–H groups in total. The summed E-state index contributed by atoms with van der Waals surface area (Å²) < 4.78 is 5.21. The first-order valence-electron chi connectivity index (χ1n) is 11.7. The molecule has 36 heavy (non-hydrogen) atoms. The van der Waals surface area contributed by atoms with Crippen molar-refractivity contribution in [3.8, 4) is 5.75 Å². The van der Waals surface area contributed by atoms with Crippen LogP contribution < -0.4 is 27.7 Å². The number of hydrogen-bond donors (Lipinski definition) is 4. The molecule has 5 nitrogen and oxygen atoms in total. The molecule has 0 aliphatic carbocycles. The highest BCUT2D eigenvalue weighted by molar-refractivity contribution is 6.30. The molecule has 192 valence electrons. The fourth-order valence-electron chi connectivity index (χ4n) is 2.82. The van der Waals surface area contributed by atoms with E-state index in [4.69, 9.17) is 39.3 Å². The van der Waals surface area contributed by atoms with E-state index in [1.165, 1.54) is 11.1 Å². The van der Waals surface area contributed by atoms with Crippen LogP contribution in [0.3, 0.4) is 0 Å². The molecular formula is C30H39ClN4O. The molecule has 0 saturated heterocycles. The van der Waals surface area contributed by atoms with E-state index >= 15 is 0 Å². The van der Waals surface area contributed by atoms with Crippen molar-refractivity contribution in [2.45, 2.75) is 34.6 Å². The summed E-state index contributed by atoms with van der Waals surface area (Å²) in [6, 6.07) is 26.9. The van der Waals surface area contributed by atoms with Gasteiger partial charge in [0.25, 0.3) is 0 Å². The first kappa shape index (κ1) is 30.2. The van der Waals surface area contributed by atoms with E-state index in [2.05, 4.69) is 6.07 Å². The lowest BCUT2D eigenvalue weighted by Crippen LogP contribution is -1.95. The van der Waals surface area contributed by atoms with Gasteiger partial charge >= 0.3 is 0 Å². The van der Waals surface area contributed by atoms with Gasteiger partial charge in [-0.25, -0.2) is 0 Å². The first-order chi connectivity index (χ1) is 17.0. The maximum absolute atomic E-state index is 5.68. The molecule has 4 aromatic rings. The SMILES string of the molecule is CCOc1ccc(Cl)cc1N.Cc1ccc(C)c(N)c1.Cc1cccc(N)c1.Cc1ccccc1N. The van der Waals surface area contributed by atoms with Crippen LogP contribution in [0.1, 0.15) is 29.2 Å². The third kappa shape index (κ3) is 12.0. The summed E-state index contributed by atoms with van der Waals surface area (Å²) in [7, 11) is 0. The number of para-hydroxylation sites is 1. The van der Waals surface area contributed by atoms with Gasteiger partial charge in [0.15, 0.2) is 0 Å². The summed E-state index contributed by atoms with van der Waals surface area (Å²) in [4.78, 5) is 0. The molecule has 4 aromatic carbocycles. The molecule has 0 radical (unpaired) electrons. The zero-order chi connectivity index (χ0) is 27.1. The quantitative estimate of drug-likeness (QED) is 0.212. The number of halogens is 1. The third-order valence-corrected chi connectivity index (χ3v) is 5.17. The van der Waals surface area contributed by atoms with E-state index in [9.17, 15) is 0 Å². The van der Waals surface area contributed by atoms with Crippen molar-refractivity contribution in [2.75, 3.05) is 29.5 Å². The molecule has 0 amide bonds. The number of nitrogens with two attached hydrogens (primary N) is 4. The molecule has 0 aliphatic rings. The van der Waals surface area contributed by atoms with Crippen LogP contribution in [-0.2, 0) is 0 Å². The van der Waals surface area contributed by atoms with Gasteiger partial charge < -0.3 is 27.7 Å². The van der Waals surface area contributed by atoms with Crippen molar-refractivity contribution in [1.82, 2.24) is 0 Å². The van der Waals surface area contributed by atoms with Crippen LogP contribution in [0.4, 0.5) is 22.7 Å². The van der Waals surface area contributed by atoms with Gasteiger partial charge in [0.05, 0.1) is 12.3 Å². The molecule has 4 rings (SSSR count). The zero-order valence-electron chi connectivity index (χ0n) is 21.9. The second-order valence-corrected chi connectivity index (χ2v) is 8.68. The average molecular weight is 507 g/mol. The Morgan fingerprint density at radius 3 is 1.69 bits per heavy atom. The summed E-state index contributed by atoms with van der Waals surface area (Å²) >= 11 is 5.68. The Bertz CT molecular complexity index is 1170. The molecule has 0 spiro atoms. The highest BCUT2D eigenvalue weighted by Crippen LogP contribution is 2.24. The second-order valence-electron chi connectivity index (χ2n) is 8.25. The Kier molecular flexibility index (Phi) is 13.4. The molecule has 0 aliphatic heterocycles. The Morgan fingerprint density at radius 2 is 1.25 bits per heavy atom. The predicted octanol–water partition coefficient (Wildman–Crippen LogP) is 7.36. The maximum Gasteiger partial charge on any atom is 0.142 e. The van der Waals surface area contributed by atoms with Crippen LogP contribution in [0.2, 0.25) is 5.02 Å². The Hall–Kier alpha value is -3.83. The molecule has 0 saturated carbocycles. The molecule has 0 aromatic heterocycles. The van der Waals surface area contributed by atoms with E-state index < -0.39 is 0 Å². The van der Waals surface area contributed by atoms with Gasteiger partial charge in [0, 0.05) is 22.1 Å². The van der Waals surface area contributed by atoms with Crippen molar-refractivity contribution in [1.29, 1.82) is 0 Å². The van der Waals surface area contributed by atoms with Crippen molar-refractivity contribution >= 4 is 34.4 Å². The smallest absolute Gasteiger partial charge is 0.142 e. The Morgan fingerprint density at radius 1 is 0.611 bits per heavy atom. The van der Waals surface area contributed by atoms with Crippen molar-refractivity contribution < 1.29 is 4.74 Å². The Balaban J connectivity index is 0.000000242. The van der Waals surface area contributed by atoms with Crippen molar-refractivity contribution in [3.63, 3.8) is 0 Å². The molecule has 0 fully saturated rings. The monoisotopic (exact) mass is 506 g/mol. The van der Waals surface area contributed by atoms with Crippen LogP contribution in [0.5, 0.6) is 5.75 Å². The lowest BCUT2D eigenvalue weighted by molar-refractivity contribution is 0.342. The number of aryl methyl sites for hydroxylation is 4. The number of hydrogen-bond acceptors (Lipinski definition) is 5. The molecule has 6 heteroatoms. The third-order valence-electron chi connectivity index (χ3n) is 4.94. The van der Waals surface area contributed by atoms with Gasteiger partial charge in [0.2, 0.25) is 0 Å². The summed E-state index contributed by atoms with van der Waals surface area (Å²) in [5.41, 5.74) is 30.1.